The second-order valence-electron chi connectivity index (χ2n) is 8.73. The Morgan fingerprint density at radius 2 is 2.00 bits per heavy atom. The molecule has 28 heavy (non-hydrogen) atoms. The molecule has 2 bridgehead atoms. The Kier molecular flexibility index (Phi) is 4.45. The number of likely N-dealkylation sites (tertiary alicyclic amines) is 1. The zero-order chi connectivity index (χ0) is 19.3. The van der Waals surface area contributed by atoms with Crippen molar-refractivity contribution in [2.45, 2.75) is 44.3 Å². The van der Waals surface area contributed by atoms with Crippen LogP contribution in [0.3, 0.4) is 0 Å². The molecule has 0 radical (unpaired) electrons. The first-order valence-electron chi connectivity index (χ1n) is 10.4. The Morgan fingerprint density at radius 3 is 2.75 bits per heavy atom. The van der Waals surface area contributed by atoms with Crippen LogP contribution in [0.4, 0.5) is 0 Å². The van der Waals surface area contributed by atoms with Crippen molar-refractivity contribution < 1.29 is 9.59 Å². The second-order valence-corrected chi connectivity index (χ2v) is 8.73. The summed E-state index contributed by atoms with van der Waals surface area (Å²) in [5, 5.41) is 8.23. The van der Waals surface area contributed by atoms with E-state index in [2.05, 4.69) is 15.1 Å². The third-order valence-electron chi connectivity index (χ3n) is 6.97. The number of aryl methyl sites for hydroxylation is 1. The number of hydrogen-bond donors (Lipinski definition) is 0. The van der Waals surface area contributed by atoms with Gasteiger partial charge >= 0.3 is 0 Å². The lowest BCUT2D eigenvalue weighted by Crippen LogP contribution is -2.68. The van der Waals surface area contributed by atoms with E-state index in [-0.39, 0.29) is 29.8 Å². The van der Waals surface area contributed by atoms with E-state index in [0.29, 0.717) is 25.4 Å². The maximum atomic E-state index is 13.4. The maximum Gasteiger partial charge on any atom is 0.246 e. The van der Waals surface area contributed by atoms with Crippen molar-refractivity contribution in [1.29, 1.82) is 0 Å². The standard InChI is InChI=1S/C20H28N6O2/c1-23-13-21-22-17(23)12-24-10-14-9-15(11-24)19(20(28)25-7-2-3-8-25)26-16(14)5-4-6-18(26)27/h2-3,13-16,19H,4-12H2,1H3/t14-,15+,16+,19-/m1/s1. The summed E-state index contributed by atoms with van der Waals surface area (Å²) in [6.45, 7) is 3.87. The van der Waals surface area contributed by atoms with Crippen LogP contribution in [0.15, 0.2) is 18.5 Å². The highest BCUT2D eigenvalue weighted by Gasteiger charge is 2.52. The monoisotopic (exact) mass is 384 g/mol. The normalized spacial score (nSPS) is 32.7. The summed E-state index contributed by atoms with van der Waals surface area (Å²) in [5.74, 6) is 1.89. The van der Waals surface area contributed by atoms with E-state index in [9.17, 15) is 9.59 Å². The Balaban J connectivity index is 1.42. The number of piperidine rings is 3. The number of rotatable bonds is 3. The van der Waals surface area contributed by atoms with E-state index < -0.39 is 0 Å². The van der Waals surface area contributed by atoms with Crippen LogP contribution in [-0.4, -0.2) is 79.5 Å². The molecule has 150 valence electrons. The molecule has 0 N–H and O–H groups in total. The molecule has 1 aromatic rings. The molecule has 0 saturated carbocycles. The molecule has 5 rings (SSSR count). The first kappa shape index (κ1) is 17.8. The lowest BCUT2D eigenvalue weighted by Gasteiger charge is -2.56. The van der Waals surface area contributed by atoms with Crippen molar-refractivity contribution in [3.63, 3.8) is 0 Å². The van der Waals surface area contributed by atoms with Gasteiger partial charge in [-0.1, -0.05) is 12.2 Å². The third-order valence-corrected chi connectivity index (χ3v) is 6.97. The van der Waals surface area contributed by atoms with Gasteiger partial charge in [-0.15, -0.1) is 10.2 Å². The number of carbonyl (C=O) groups excluding carboxylic acids is 2. The Morgan fingerprint density at radius 1 is 1.21 bits per heavy atom. The second kappa shape index (κ2) is 6.99. The fraction of sp³-hybridized carbons (Fsp3) is 0.700. The van der Waals surface area contributed by atoms with E-state index >= 15 is 0 Å². The average Bonchev–Trinajstić information content (AvgIpc) is 3.35. The van der Waals surface area contributed by atoms with Crippen molar-refractivity contribution in [2.24, 2.45) is 18.9 Å². The highest BCUT2D eigenvalue weighted by molar-refractivity contribution is 5.89. The Labute approximate surface area is 165 Å². The third kappa shape index (κ3) is 2.94. The fourth-order valence-electron chi connectivity index (χ4n) is 5.70. The molecule has 8 heteroatoms. The summed E-state index contributed by atoms with van der Waals surface area (Å²) >= 11 is 0. The maximum absolute atomic E-state index is 13.4. The van der Waals surface area contributed by atoms with E-state index in [1.165, 1.54) is 0 Å². The fourth-order valence-corrected chi connectivity index (χ4v) is 5.70. The quantitative estimate of drug-likeness (QED) is 0.706. The molecule has 3 saturated heterocycles. The van der Waals surface area contributed by atoms with Crippen LogP contribution < -0.4 is 0 Å². The molecule has 0 spiro atoms. The molecule has 1 aromatic heterocycles. The summed E-state index contributed by atoms with van der Waals surface area (Å²) in [6.07, 6.45) is 9.40. The van der Waals surface area contributed by atoms with Crippen LogP contribution >= 0.6 is 0 Å². The summed E-state index contributed by atoms with van der Waals surface area (Å²) in [6, 6.07) is -0.111. The van der Waals surface area contributed by atoms with Gasteiger partial charge in [0.05, 0.1) is 6.54 Å². The van der Waals surface area contributed by atoms with Gasteiger partial charge in [0, 0.05) is 51.6 Å². The van der Waals surface area contributed by atoms with Gasteiger partial charge in [-0.05, 0) is 25.2 Å². The summed E-state index contributed by atoms with van der Waals surface area (Å²) in [4.78, 5) is 32.6. The van der Waals surface area contributed by atoms with Crippen molar-refractivity contribution in [2.75, 3.05) is 26.2 Å². The van der Waals surface area contributed by atoms with E-state index in [4.69, 9.17) is 0 Å². The highest BCUT2D eigenvalue weighted by atomic mass is 16.2. The molecule has 8 nitrogen and oxygen atoms in total. The first-order chi connectivity index (χ1) is 13.6. The predicted molar refractivity (Wildman–Crippen MR) is 102 cm³/mol. The Hall–Kier alpha value is -2.22. The van der Waals surface area contributed by atoms with Crippen LogP contribution in [0.25, 0.3) is 0 Å². The van der Waals surface area contributed by atoms with Gasteiger partial charge < -0.3 is 14.4 Å². The van der Waals surface area contributed by atoms with Crippen molar-refractivity contribution >= 4 is 11.8 Å². The predicted octanol–water partition coefficient (Wildman–Crippen LogP) is 0.415. The number of nitrogens with zero attached hydrogens (tertiary/aromatic N) is 6. The van der Waals surface area contributed by atoms with Gasteiger partial charge in [-0.2, -0.15) is 0 Å². The van der Waals surface area contributed by atoms with Crippen molar-refractivity contribution in [3.8, 4) is 0 Å². The number of aromatic nitrogens is 3. The van der Waals surface area contributed by atoms with Crippen molar-refractivity contribution in [3.05, 3.63) is 24.3 Å². The molecular formula is C20H28N6O2. The zero-order valence-electron chi connectivity index (χ0n) is 16.4. The molecule has 5 heterocycles. The van der Waals surface area contributed by atoms with Gasteiger partial charge in [0.1, 0.15) is 18.2 Å². The van der Waals surface area contributed by atoms with E-state index in [1.807, 2.05) is 33.6 Å². The highest BCUT2D eigenvalue weighted by Crippen LogP contribution is 2.42. The molecule has 4 aliphatic heterocycles. The van der Waals surface area contributed by atoms with Gasteiger partial charge in [0.25, 0.3) is 0 Å². The van der Waals surface area contributed by atoms with Crippen molar-refractivity contribution in [1.82, 2.24) is 29.5 Å². The molecule has 0 unspecified atom stereocenters. The van der Waals surface area contributed by atoms with Gasteiger partial charge in [0.15, 0.2) is 0 Å². The minimum atomic E-state index is -0.309. The van der Waals surface area contributed by atoms with Gasteiger partial charge in [-0.25, -0.2) is 0 Å². The summed E-state index contributed by atoms with van der Waals surface area (Å²) in [7, 11) is 1.97. The molecule has 0 aromatic carbocycles. The van der Waals surface area contributed by atoms with Crippen LogP contribution in [0.5, 0.6) is 0 Å². The zero-order valence-corrected chi connectivity index (χ0v) is 16.4. The molecule has 3 fully saturated rings. The summed E-state index contributed by atoms with van der Waals surface area (Å²) < 4.78 is 1.96. The smallest absolute Gasteiger partial charge is 0.246 e. The molecule has 4 aliphatic rings. The topological polar surface area (TPSA) is 74.6 Å². The summed E-state index contributed by atoms with van der Waals surface area (Å²) in [5.41, 5.74) is 0. The van der Waals surface area contributed by atoms with Crippen LogP contribution in [-0.2, 0) is 23.2 Å². The first-order valence-corrected chi connectivity index (χ1v) is 10.4. The number of fused-ring (bicyclic) bond motifs is 4. The van der Waals surface area contributed by atoms with Gasteiger partial charge in [0.2, 0.25) is 11.8 Å². The number of amides is 2. The molecular weight excluding hydrogens is 356 g/mol. The molecule has 0 aliphatic carbocycles. The molecule has 2 amide bonds. The van der Waals surface area contributed by atoms with E-state index in [1.54, 1.807) is 6.33 Å². The Bertz CT molecular complexity index is 796. The number of carbonyl (C=O) groups is 2. The lowest BCUT2D eigenvalue weighted by atomic mass is 9.71. The minimum absolute atomic E-state index is 0.134. The van der Waals surface area contributed by atoms with Crippen LogP contribution in [0, 0.1) is 11.8 Å². The van der Waals surface area contributed by atoms with Gasteiger partial charge in [-0.3, -0.25) is 14.5 Å². The number of hydrogen-bond acceptors (Lipinski definition) is 5. The van der Waals surface area contributed by atoms with Crippen LogP contribution in [0.2, 0.25) is 0 Å². The van der Waals surface area contributed by atoms with E-state index in [0.717, 1.165) is 44.7 Å². The minimum Gasteiger partial charge on any atom is -0.333 e. The SMILES string of the molecule is Cn1cnnc1CN1C[C@H]2C[C@@H](C1)[C@H](C(=O)N1CC=CC1)N1C(=O)CCC[C@@H]21. The molecule has 4 atom stereocenters. The van der Waals surface area contributed by atoms with Crippen LogP contribution in [0.1, 0.15) is 31.5 Å². The lowest BCUT2D eigenvalue weighted by molar-refractivity contribution is -0.164. The largest absolute Gasteiger partial charge is 0.333 e. The average molecular weight is 384 g/mol.